The van der Waals surface area contributed by atoms with Gasteiger partial charge in [0.1, 0.15) is 0 Å². The van der Waals surface area contributed by atoms with Gasteiger partial charge < -0.3 is 0 Å². The zero-order valence-corrected chi connectivity index (χ0v) is 12.1. The summed E-state index contributed by atoms with van der Waals surface area (Å²) in [6.45, 7) is 4.15. The number of aryl methyl sites for hydroxylation is 2. The van der Waals surface area contributed by atoms with E-state index in [1.165, 1.54) is 11.1 Å². The maximum Gasteiger partial charge on any atom is 0.0636 e. The van der Waals surface area contributed by atoms with Gasteiger partial charge in [-0.1, -0.05) is 84.1 Å². The van der Waals surface area contributed by atoms with Crippen molar-refractivity contribution in [2.45, 2.75) is 13.8 Å². The van der Waals surface area contributed by atoms with Crippen molar-refractivity contribution in [3.63, 3.8) is 0 Å². The topological polar surface area (TPSA) is 0 Å². The zero-order chi connectivity index (χ0) is 13.1. The first-order chi connectivity index (χ1) is 8.58. The van der Waals surface area contributed by atoms with E-state index < -0.39 is 0 Å². The van der Waals surface area contributed by atoms with Crippen LogP contribution in [0.4, 0.5) is 0 Å². The van der Waals surface area contributed by atoms with Crippen molar-refractivity contribution in [3.8, 4) is 0 Å². The Hall–Kier alpha value is -1.38. The maximum absolute atomic E-state index is 5.50. The molecule has 0 radical (unpaired) electrons. The summed E-state index contributed by atoms with van der Waals surface area (Å²) in [5, 5.41) is 0. The quantitative estimate of drug-likeness (QED) is 0.597. The van der Waals surface area contributed by atoms with Crippen LogP contribution in [0.3, 0.4) is 0 Å². The summed E-state index contributed by atoms with van der Waals surface area (Å²) in [5.41, 5.74) is 4.47. The molecule has 2 rings (SSSR count). The second-order valence-corrected chi connectivity index (χ2v) is 5.22. The van der Waals surface area contributed by atoms with Crippen LogP contribution < -0.4 is 0 Å². The molecule has 2 aromatic rings. The number of thiocarbonyl (C=S) groups is 2. The van der Waals surface area contributed by atoms with Crippen LogP contribution in [-0.4, -0.2) is 9.73 Å². The van der Waals surface area contributed by atoms with Crippen molar-refractivity contribution in [2.24, 2.45) is 0 Å². The SMILES string of the molecule is Cc1cc(C)cc(C(=S)C(=S)c2ccccc2)c1. The molecule has 0 bridgehead atoms. The minimum Gasteiger partial charge on any atom is -0.0778 e. The first kappa shape index (κ1) is 13.1. The fraction of sp³-hybridized carbons (Fsp3) is 0.125. The highest BCUT2D eigenvalue weighted by molar-refractivity contribution is 7.90. The van der Waals surface area contributed by atoms with Gasteiger partial charge in [-0.05, 0) is 25.0 Å². The van der Waals surface area contributed by atoms with E-state index in [4.69, 9.17) is 24.4 Å². The number of hydrogen-bond acceptors (Lipinski definition) is 2. The molecule has 0 N–H and O–H groups in total. The van der Waals surface area contributed by atoms with Crippen LogP contribution in [0, 0.1) is 13.8 Å². The van der Waals surface area contributed by atoms with E-state index >= 15 is 0 Å². The van der Waals surface area contributed by atoms with E-state index in [2.05, 4.69) is 32.0 Å². The molecule has 0 aliphatic rings. The first-order valence-corrected chi connectivity index (χ1v) is 6.62. The van der Waals surface area contributed by atoms with Crippen LogP contribution in [0.5, 0.6) is 0 Å². The monoisotopic (exact) mass is 270 g/mol. The third-order valence-electron chi connectivity index (χ3n) is 2.73. The van der Waals surface area contributed by atoms with Gasteiger partial charge in [0.15, 0.2) is 0 Å². The highest BCUT2D eigenvalue weighted by Crippen LogP contribution is 2.14. The van der Waals surface area contributed by atoms with Crippen LogP contribution in [0.25, 0.3) is 0 Å². The van der Waals surface area contributed by atoms with E-state index in [1.807, 2.05) is 30.3 Å². The molecule has 18 heavy (non-hydrogen) atoms. The van der Waals surface area contributed by atoms with E-state index in [1.54, 1.807) is 0 Å². The Bertz CT molecular complexity index is 577. The van der Waals surface area contributed by atoms with E-state index in [0.717, 1.165) is 20.9 Å². The Morgan fingerprint density at radius 3 is 1.78 bits per heavy atom. The van der Waals surface area contributed by atoms with Crippen LogP contribution in [-0.2, 0) is 0 Å². The molecular formula is C16H14S2. The molecule has 0 saturated carbocycles. The van der Waals surface area contributed by atoms with Gasteiger partial charge in [-0.25, -0.2) is 0 Å². The van der Waals surface area contributed by atoms with Gasteiger partial charge in [0, 0.05) is 0 Å². The lowest BCUT2D eigenvalue weighted by Gasteiger charge is -2.08. The molecule has 0 spiro atoms. The fourth-order valence-corrected chi connectivity index (χ4v) is 2.45. The summed E-state index contributed by atoms with van der Waals surface area (Å²) in [4.78, 5) is 1.50. The van der Waals surface area contributed by atoms with Gasteiger partial charge in [0.05, 0.1) is 9.73 Å². The molecule has 0 aliphatic carbocycles. The summed E-state index contributed by atoms with van der Waals surface area (Å²) in [5.74, 6) is 0. The van der Waals surface area contributed by atoms with Crippen LogP contribution in [0.15, 0.2) is 48.5 Å². The zero-order valence-electron chi connectivity index (χ0n) is 10.4. The molecule has 0 nitrogen and oxygen atoms in total. The summed E-state index contributed by atoms with van der Waals surface area (Å²) < 4.78 is 0. The second kappa shape index (κ2) is 5.51. The Morgan fingerprint density at radius 2 is 1.22 bits per heavy atom. The fourth-order valence-electron chi connectivity index (χ4n) is 1.96. The lowest BCUT2D eigenvalue weighted by atomic mass is 10.0. The molecule has 0 saturated heterocycles. The minimum atomic E-state index is 0.746. The average Bonchev–Trinajstić information content (AvgIpc) is 2.37. The van der Waals surface area contributed by atoms with E-state index in [9.17, 15) is 0 Å². The highest BCUT2D eigenvalue weighted by Gasteiger charge is 2.10. The van der Waals surface area contributed by atoms with Crippen molar-refractivity contribution >= 4 is 34.2 Å². The second-order valence-electron chi connectivity index (χ2n) is 4.40. The Morgan fingerprint density at radius 1 is 0.722 bits per heavy atom. The Kier molecular flexibility index (Phi) is 4.00. The van der Waals surface area contributed by atoms with Gasteiger partial charge in [-0.3, -0.25) is 0 Å². The number of benzene rings is 2. The van der Waals surface area contributed by atoms with Crippen LogP contribution >= 0.6 is 24.4 Å². The molecule has 0 aromatic heterocycles. The molecule has 2 heteroatoms. The molecule has 0 fully saturated rings. The molecular weight excluding hydrogens is 256 g/mol. The smallest absolute Gasteiger partial charge is 0.0636 e. The van der Waals surface area contributed by atoms with Crippen molar-refractivity contribution in [1.82, 2.24) is 0 Å². The van der Waals surface area contributed by atoms with Crippen LogP contribution in [0.2, 0.25) is 0 Å². The highest BCUT2D eigenvalue weighted by atomic mass is 32.1. The number of hydrogen-bond donors (Lipinski definition) is 0. The predicted octanol–water partition coefficient (Wildman–Crippen LogP) is 4.44. The van der Waals surface area contributed by atoms with Gasteiger partial charge in [-0.15, -0.1) is 0 Å². The summed E-state index contributed by atoms with van der Waals surface area (Å²) in [7, 11) is 0. The first-order valence-electron chi connectivity index (χ1n) is 5.80. The van der Waals surface area contributed by atoms with Gasteiger partial charge >= 0.3 is 0 Å². The third kappa shape index (κ3) is 2.89. The van der Waals surface area contributed by atoms with Crippen molar-refractivity contribution in [3.05, 3.63) is 70.8 Å². The standard InChI is InChI=1S/C16H14S2/c1-11-8-12(2)10-14(9-11)16(18)15(17)13-6-4-3-5-7-13/h3-10H,1-2H3. The van der Waals surface area contributed by atoms with E-state index in [-0.39, 0.29) is 0 Å². The van der Waals surface area contributed by atoms with Gasteiger partial charge in [-0.2, -0.15) is 0 Å². The Labute approximate surface area is 119 Å². The van der Waals surface area contributed by atoms with Crippen molar-refractivity contribution in [2.75, 3.05) is 0 Å². The molecule has 2 aromatic carbocycles. The van der Waals surface area contributed by atoms with E-state index in [0.29, 0.717) is 0 Å². The van der Waals surface area contributed by atoms with Crippen molar-refractivity contribution < 1.29 is 0 Å². The summed E-state index contributed by atoms with van der Waals surface area (Å²) in [6, 6.07) is 16.2. The lowest BCUT2D eigenvalue weighted by Crippen LogP contribution is -2.12. The third-order valence-corrected chi connectivity index (χ3v) is 3.73. The van der Waals surface area contributed by atoms with Gasteiger partial charge in [0.25, 0.3) is 0 Å². The molecule has 0 unspecified atom stereocenters. The lowest BCUT2D eigenvalue weighted by molar-refractivity contribution is 1.38. The normalized spacial score (nSPS) is 10.1. The molecule has 0 amide bonds. The maximum atomic E-state index is 5.50. The molecule has 90 valence electrons. The largest absolute Gasteiger partial charge is 0.0778 e. The minimum absolute atomic E-state index is 0.746. The summed E-state index contributed by atoms with van der Waals surface area (Å²) in [6.07, 6.45) is 0. The molecule has 0 atom stereocenters. The number of rotatable bonds is 3. The molecule has 0 aliphatic heterocycles. The van der Waals surface area contributed by atoms with Crippen molar-refractivity contribution in [1.29, 1.82) is 0 Å². The van der Waals surface area contributed by atoms with Crippen LogP contribution in [0.1, 0.15) is 22.3 Å². The molecule has 0 heterocycles. The average molecular weight is 270 g/mol. The predicted molar refractivity (Wildman–Crippen MR) is 85.8 cm³/mol. The van der Waals surface area contributed by atoms with Gasteiger partial charge in [0.2, 0.25) is 0 Å². The summed E-state index contributed by atoms with van der Waals surface area (Å²) >= 11 is 11.0. The Balaban J connectivity index is 2.35.